The standard InChI is InChI=1S/C11H16/c1-3-8(2)11-7-9-4-5-10(11)6-9/h3-5,9-11H,6-7H2,1-2H3. The van der Waals surface area contributed by atoms with Crippen LogP contribution in [0, 0.1) is 17.8 Å². The van der Waals surface area contributed by atoms with Gasteiger partial charge in [-0.2, -0.15) is 0 Å². The van der Waals surface area contributed by atoms with Crippen molar-refractivity contribution in [2.24, 2.45) is 17.8 Å². The Bertz CT molecular complexity index is 210. The zero-order chi connectivity index (χ0) is 7.84. The molecule has 2 bridgehead atoms. The zero-order valence-electron chi connectivity index (χ0n) is 7.38. The van der Waals surface area contributed by atoms with Crippen molar-refractivity contribution in [2.45, 2.75) is 26.7 Å². The van der Waals surface area contributed by atoms with E-state index < -0.39 is 0 Å². The number of rotatable bonds is 1. The smallest absolute Gasteiger partial charge is 0.0137 e. The molecule has 0 aromatic heterocycles. The Kier molecular flexibility index (Phi) is 1.63. The molecule has 1 fully saturated rings. The van der Waals surface area contributed by atoms with E-state index in [1.807, 2.05) is 0 Å². The maximum atomic E-state index is 2.42. The second-order valence-corrected chi connectivity index (χ2v) is 3.92. The van der Waals surface area contributed by atoms with Crippen LogP contribution in [0.2, 0.25) is 0 Å². The van der Waals surface area contributed by atoms with Gasteiger partial charge in [-0.15, -0.1) is 0 Å². The van der Waals surface area contributed by atoms with Crippen LogP contribution in [0.15, 0.2) is 23.8 Å². The van der Waals surface area contributed by atoms with Crippen molar-refractivity contribution in [2.75, 3.05) is 0 Å². The van der Waals surface area contributed by atoms with Crippen LogP contribution >= 0.6 is 0 Å². The molecule has 0 aromatic rings. The molecule has 2 rings (SSSR count). The van der Waals surface area contributed by atoms with Gasteiger partial charge >= 0.3 is 0 Å². The monoisotopic (exact) mass is 148 g/mol. The third-order valence-corrected chi connectivity index (χ3v) is 3.32. The summed E-state index contributed by atoms with van der Waals surface area (Å²) in [6, 6.07) is 0. The summed E-state index contributed by atoms with van der Waals surface area (Å²) in [6.45, 7) is 4.43. The lowest BCUT2D eigenvalue weighted by Crippen LogP contribution is -2.07. The Labute approximate surface area is 69.0 Å². The van der Waals surface area contributed by atoms with Gasteiger partial charge in [0.25, 0.3) is 0 Å². The molecule has 0 aromatic carbocycles. The topological polar surface area (TPSA) is 0 Å². The summed E-state index contributed by atoms with van der Waals surface area (Å²) in [7, 11) is 0. The van der Waals surface area contributed by atoms with Crippen molar-refractivity contribution < 1.29 is 0 Å². The molecule has 1 saturated carbocycles. The molecule has 3 unspecified atom stereocenters. The Hall–Kier alpha value is -0.520. The molecule has 0 heterocycles. The van der Waals surface area contributed by atoms with Gasteiger partial charge in [0.05, 0.1) is 0 Å². The molecule has 0 amide bonds. The zero-order valence-corrected chi connectivity index (χ0v) is 7.38. The van der Waals surface area contributed by atoms with E-state index in [1.54, 1.807) is 5.57 Å². The van der Waals surface area contributed by atoms with Crippen LogP contribution in [0.3, 0.4) is 0 Å². The van der Waals surface area contributed by atoms with E-state index in [9.17, 15) is 0 Å². The van der Waals surface area contributed by atoms with Gasteiger partial charge in [0.15, 0.2) is 0 Å². The van der Waals surface area contributed by atoms with Crippen LogP contribution in [0.1, 0.15) is 26.7 Å². The summed E-state index contributed by atoms with van der Waals surface area (Å²) in [5, 5.41) is 0. The molecule has 3 atom stereocenters. The largest absolute Gasteiger partial charge is 0.0884 e. The fourth-order valence-electron chi connectivity index (χ4n) is 2.52. The molecule has 2 aliphatic rings. The van der Waals surface area contributed by atoms with Crippen LogP contribution in [0.5, 0.6) is 0 Å². The van der Waals surface area contributed by atoms with Gasteiger partial charge < -0.3 is 0 Å². The average molecular weight is 148 g/mol. The first-order valence-corrected chi connectivity index (χ1v) is 4.62. The minimum absolute atomic E-state index is 0.884. The molecule has 0 heteroatoms. The molecule has 0 saturated heterocycles. The molecular weight excluding hydrogens is 132 g/mol. The van der Waals surface area contributed by atoms with E-state index in [-0.39, 0.29) is 0 Å². The van der Waals surface area contributed by atoms with Crippen molar-refractivity contribution in [1.82, 2.24) is 0 Å². The summed E-state index contributed by atoms with van der Waals surface area (Å²) >= 11 is 0. The van der Waals surface area contributed by atoms with Crippen LogP contribution in [0.25, 0.3) is 0 Å². The number of hydrogen-bond acceptors (Lipinski definition) is 0. The van der Waals surface area contributed by atoms with E-state index in [1.165, 1.54) is 12.8 Å². The second kappa shape index (κ2) is 2.51. The van der Waals surface area contributed by atoms with Gasteiger partial charge in [0.1, 0.15) is 0 Å². The van der Waals surface area contributed by atoms with Gasteiger partial charge in [-0.1, -0.05) is 23.8 Å². The third kappa shape index (κ3) is 1.05. The third-order valence-electron chi connectivity index (χ3n) is 3.32. The molecule has 0 aliphatic heterocycles. The van der Waals surface area contributed by atoms with Gasteiger partial charge in [-0.05, 0) is 44.4 Å². The molecule has 2 aliphatic carbocycles. The SMILES string of the molecule is CC=C(C)C1CC2C=CC1C2. The maximum absolute atomic E-state index is 2.42. The van der Waals surface area contributed by atoms with Crippen molar-refractivity contribution in [1.29, 1.82) is 0 Å². The van der Waals surface area contributed by atoms with Crippen LogP contribution in [0.4, 0.5) is 0 Å². The fourth-order valence-corrected chi connectivity index (χ4v) is 2.52. The van der Waals surface area contributed by atoms with Crippen LogP contribution in [-0.2, 0) is 0 Å². The second-order valence-electron chi connectivity index (χ2n) is 3.92. The highest BCUT2D eigenvalue weighted by atomic mass is 14.4. The lowest BCUT2D eigenvalue weighted by atomic mass is 9.87. The Morgan fingerprint density at radius 3 is 2.64 bits per heavy atom. The van der Waals surface area contributed by atoms with E-state index in [2.05, 4.69) is 32.1 Å². The highest BCUT2D eigenvalue weighted by Crippen LogP contribution is 2.46. The highest BCUT2D eigenvalue weighted by Gasteiger charge is 2.35. The first kappa shape index (κ1) is 7.15. The van der Waals surface area contributed by atoms with Crippen molar-refractivity contribution >= 4 is 0 Å². The van der Waals surface area contributed by atoms with Crippen molar-refractivity contribution in [3.63, 3.8) is 0 Å². The molecule has 0 radical (unpaired) electrons. The van der Waals surface area contributed by atoms with Crippen molar-refractivity contribution in [3.8, 4) is 0 Å². The molecule has 0 spiro atoms. The first-order valence-electron chi connectivity index (χ1n) is 4.62. The van der Waals surface area contributed by atoms with Crippen LogP contribution in [-0.4, -0.2) is 0 Å². The van der Waals surface area contributed by atoms with Gasteiger partial charge in [0, 0.05) is 0 Å². The predicted molar refractivity (Wildman–Crippen MR) is 48.3 cm³/mol. The van der Waals surface area contributed by atoms with Gasteiger partial charge in [-0.25, -0.2) is 0 Å². The summed E-state index contributed by atoms with van der Waals surface area (Å²) in [6.07, 6.45) is 9.95. The molecule has 0 nitrogen and oxygen atoms in total. The van der Waals surface area contributed by atoms with Crippen molar-refractivity contribution in [3.05, 3.63) is 23.8 Å². The lowest BCUT2D eigenvalue weighted by Gasteiger charge is -2.18. The van der Waals surface area contributed by atoms with E-state index in [0.29, 0.717) is 0 Å². The van der Waals surface area contributed by atoms with Gasteiger partial charge in [0.2, 0.25) is 0 Å². The Morgan fingerprint density at radius 1 is 1.36 bits per heavy atom. The summed E-state index contributed by atoms with van der Waals surface area (Å²) < 4.78 is 0. The normalized spacial score (nSPS) is 42.0. The molecule has 60 valence electrons. The summed E-state index contributed by atoms with van der Waals surface area (Å²) in [5.74, 6) is 2.69. The summed E-state index contributed by atoms with van der Waals surface area (Å²) in [5.41, 5.74) is 1.60. The molecule has 0 N–H and O–H groups in total. The Morgan fingerprint density at radius 2 is 2.18 bits per heavy atom. The predicted octanol–water partition coefficient (Wildman–Crippen LogP) is 3.16. The summed E-state index contributed by atoms with van der Waals surface area (Å²) in [4.78, 5) is 0. The van der Waals surface area contributed by atoms with E-state index in [4.69, 9.17) is 0 Å². The number of allylic oxidation sites excluding steroid dienone is 4. The number of hydrogen-bond donors (Lipinski definition) is 0. The fraction of sp³-hybridized carbons (Fsp3) is 0.636. The molecule has 11 heavy (non-hydrogen) atoms. The van der Waals surface area contributed by atoms with E-state index >= 15 is 0 Å². The Balaban J connectivity index is 2.14. The number of fused-ring (bicyclic) bond motifs is 2. The minimum atomic E-state index is 0.884. The first-order chi connectivity index (χ1) is 5.31. The van der Waals surface area contributed by atoms with E-state index in [0.717, 1.165) is 17.8 Å². The average Bonchev–Trinajstić information content (AvgIpc) is 2.62. The quantitative estimate of drug-likeness (QED) is 0.501. The lowest BCUT2D eigenvalue weighted by molar-refractivity contribution is 0.519. The maximum Gasteiger partial charge on any atom is -0.0137 e. The highest BCUT2D eigenvalue weighted by molar-refractivity contribution is 5.18. The van der Waals surface area contributed by atoms with Gasteiger partial charge in [-0.3, -0.25) is 0 Å². The molecular formula is C11H16. The minimum Gasteiger partial charge on any atom is -0.0884 e. The van der Waals surface area contributed by atoms with Crippen LogP contribution < -0.4 is 0 Å².